The Kier molecular flexibility index (Phi) is 2.34. The highest BCUT2D eigenvalue weighted by atomic mass is 35.5. The van der Waals surface area contributed by atoms with Crippen molar-refractivity contribution in [3.05, 3.63) is 16.5 Å². The highest BCUT2D eigenvalue weighted by Gasteiger charge is 2.35. The number of nitrogen functional groups attached to an aromatic ring is 1. The summed E-state index contributed by atoms with van der Waals surface area (Å²) >= 11 is 5.39. The Hall–Kier alpha value is -1.04. The van der Waals surface area contributed by atoms with Crippen LogP contribution in [0.4, 0.5) is 19.0 Å². The van der Waals surface area contributed by atoms with Gasteiger partial charge in [0.1, 0.15) is 11.0 Å². The van der Waals surface area contributed by atoms with Crippen molar-refractivity contribution in [2.24, 2.45) is 0 Å². The molecule has 2 N–H and O–H groups in total. The Morgan fingerprint density at radius 3 is 2.23 bits per heavy atom. The van der Waals surface area contributed by atoms with E-state index in [-0.39, 0.29) is 16.5 Å². The van der Waals surface area contributed by atoms with E-state index in [1.54, 1.807) is 0 Å². The summed E-state index contributed by atoms with van der Waals surface area (Å²) in [6, 6.07) is 0. The van der Waals surface area contributed by atoms with Gasteiger partial charge in [-0.15, -0.1) is 0 Å². The Bertz CT molecular complexity index is 313. The molecule has 0 saturated heterocycles. The molecule has 7 heteroatoms. The number of anilines is 1. The van der Waals surface area contributed by atoms with Crippen LogP contribution in [0.15, 0.2) is 0 Å². The molecule has 0 fully saturated rings. The van der Waals surface area contributed by atoms with Gasteiger partial charge in [0, 0.05) is 5.56 Å². The zero-order valence-corrected chi connectivity index (χ0v) is 7.24. The summed E-state index contributed by atoms with van der Waals surface area (Å²) in [5, 5.41) is -0.278. The molecule has 0 spiro atoms. The summed E-state index contributed by atoms with van der Waals surface area (Å²) in [6.07, 6.45) is -4.62. The lowest BCUT2D eigenvalue weighted by molar-refractivity contribution is -0.144. The van der Waals surface area contributed by atoms with Crippen LogP contribution in [0.2, 0.25) is 5.15 Å². The smallest absolute Gasteiger partial charge is 0.383 e. The molecule has 1 aromatic rings. The second-order valence-corrected chi connectivity index (χ2v) is 2.70. The monoisotopic (exact) mass is 211 g/mol. The first-order chi connectivity index (χ1) is 5.82. The zero-order valence-electron chi connectivity index (χ0n) is 6.48. The molecule has 3 nitrogen and oxygen atoms in total. The summed E-state index contributed by atoms with van der Waals surface area (Å²) < 4.78 is 36.1. The molecule has 0 unspecified atom stereocenters. The fourth-order valence-corrected chi connectivity index (χ4v) is 0.809. The molecule has 0 bridgehead atoms. The van der Waals surface area contributed by atoms with E-state index >= 15 is 0 Å². The van der Waals surface area contributed by atoms with Crippen LogP contribution in [0.1, 0.15) is 11.4 Å². The van der Waals surface area contributed by atoms with E-state index in [1.165, 1.54) is 6.92 Å². The van der Waals surface area contributed by atoms with Crippen LogP contribution in [0.5, 0.6) is 0 Å². The second kappa shape index (κ2) is 3.02. The summed E-state index contributed by atoms with van der Waals surface area (Å²) in [6.45, 7) is 1.44. The van der Waals surface area contributed by atoms with Crippen molar-refractivity contribution in [2.75, 3.05) is 5.73 Å². The number of rotatable bonds is 0. The minimum absolute atomic E-state index is 0.245. The molecule has 0 atom stereocenters. The van der Waals surface area contributed by atoms with E-state index in [4.69, 9.17) is 17.3 Å². The van der Waals surface area contributed by atoms with E-state index in [2.05, 4.69) is 9.97 Å². The maximum absolute atomic E-state index is 12.0. The van der Waals surface area contributed by atoms with E-state index in [0.29, 0.717) is 0 Å². The van der Waals surface area contributed by atoms with Crippen molar-refractivity contribution >= 4 is 17.4 Å². The zero-order chi connectivity index (χ0) is 10.2. The first-order valence-corrected chi connectivity index (χ1v) is 3.57. The van der Waals surface area contributed by atoms with Gasteiger partial charge >= 0.3 is 6.18 Å². The SMILES string of the molecule is Cc1c(N)nc(C(F)(F)F)nc1Cl. The molecule has 1 rings (SSSR count). The van der Waals surface area contributed by atoms with Crippen molar-refractivity contribution in [1.82, 2.24) is 9.97 Å². The van der Waals surface area contributed by atoms with Crippen LogP contribution in [-0.2, 0) is 6.18 Å². The Morgan fingerprint density at radius 2 is 1.85 bits per heavy atom. The van der Waals surface area contributed by atoms with E-state index in [1.807, 2.05) is 0 Å². The summed E-state index contributed by atoms with van der Waals surface area (Å²) in [4.78, 5) is 6.12. The molecule has 0 amide bonds. The van der Waals surface area contributed by atoms with Gasteiger partial charge in [-0.2, -0.15) is 13.2 Å². The lowest BCUT2D eigenvalue weighted by Gasteiger charge is -2.07. The largest absolute Gasteiger partial charge is 0.451 e. The first kappa shape index (κ1) is 10.0. The molecule has 72 valence electrons. The molecule has 1 heterocycles. The highest BCUT2D eigenvalue weighted by molar-refractivity contribution is 6.30. The Balaban J connectivity index is 3.29. The van der Waals surface area contributed by atoms with Crippen LogP contribution in [0, 0.1) is 6.92 Å². The topological polar surface area (TPSA) is 51.8 Å². The van der Waals surface area contributed by atoms with Crippen molar-refractivity contribution in [3.8, 4) is 0 Å². The van der Waals surface area contributed by atoms with Gasteiger partial charge in [0.15, 0.2) is 0 Å². The maximum Gasteiger partial charge on any atom is 0.451 e. The van der Waals surface area contributed by atoms with E-state index in [0.717, 1.165) is 0 Å². The van der Waals surface area contributed by atoms with Crippen molar-refractivity contribution < 1.29 is 13.2 Å². The van der Waals surface area contributed by atoms with Crippen LogP contribution < -0.4 is 5.73 Å². The number of aromatic nitrogens is 2. The fraction of sp³-hybridized carbons (Fsp3) is 0.333. The van der Waals surface area contributed by atoms with Crippen LogP contribution in [-0.4, -0.2) is 9.97 Å². The number of nitrogens with two attached hydrogens (primary N) is 1. The Labute approximate surface area is 76.7 Å². The maximum atomic E-state index is 12.0. The normalized spacial score (nSPS) is 11.8. The molecule has 1 aromatic heterocycles. The van der Waals surface area contributed by atoms with Gasteiger partial charge in [0.25, 0.3) is 0 Å². The minimum atomic E-state index is -4.62. The number of alkyl halides is 3. The molecular formula is C6H5ClF3N3. The van der Waals surface area contributed by atoms with Gasteiger partial charge in [-0.3, -0.25) is 0 Å². The third kappa shape index (κ3) is 2.00. The number of halogens is 4. The minimum Gasteiger partial charge on any atom is -0.383 e. The average molecular weight is 212 g/mol. The molecule has 0 aromatic carbocycles. The Morgan fingerprint density at radius 1 is 1.31 bits per heavy atom. The highest BCUT2D eigenvalue weighted by Crippen LogP contribution is 2.29. The molecular weight excluding hydrogens is 207 g/mol. The number of hydrogen-bond acceptors (Lipinski definition) is 3. The van der Waals surface area contributed by atoms with Crippen molar-refractivity contribution in [1.29, 1.82) is 0 Å². The van der Waals surface area contributed by atoms with Gasteiger partial charge in [-0.25, -0.2) is 9.97 Å². The van der Waals surface area contributed by atoms with Gasteiger partial charge in [-0.1, -0.05) is 11.6 Å². The molecule has 0 aliphatic carbocycles. The predicted octanol–water partition coefficient (Wildman–Crippen LogP) is 2.04. The third-order valence-corrected chi connectivity index (χ3v) is 1.75. The summed E-state index contributed by atoms with van der Waals surface area (Å²) in [5.41, 5.74) is 5.43. The van der Waals surface area contributed by atoms with Crippen LogP contribution in [0.25, 0.3) is 0 Å². The van der Waals surface area contributed by atoms with Gasteiger partial charge in [0.05, 0.1) is 0 Å². The molecule has 0 radical (unpaired) electrons. The second-order valence-electron chi connectivity index (χ2n) is 2.35. The van der Waals surface area contributed by atoms with Gasteiger partial charge < -0.3 is 5.73 Å². The van der Waals surface area contributed by atoms with Crippen molar-refractivity contribution in [2.45, 2.75) is 13.1 Å². The van der Waals surface area contributed by atoms with Crippen LogP contribution in [0.3, 0.4) is 0 Å². The lowest BCUT2D eigenvalue weighted by atomic mass is 10.3. The number of hydrogen-bond donors (Lipinski definition) is 1. The van der Waals surface area contributed by atoms with Crippen LogP contribution >= 0.6 is 11.6 Å². The molecule has 0 aliphatic rings. The van der Waals surface area contributed by atoms with E-state index in [9.17, 15) is 13.2 Å². The van der Waals surface area contributed by atoms with E-state index < -0.39 is 12.0 Å². The standard InChI is InChI=1S/C6H5ClF3N3/c1-2-3(7)12-5(6(8,9)10)13-4(2)11/h1H3,(H2,11,12,13). The predicted molar refractivity (Wildman–Crippen MR) is 41.2 cm³/mol. The lowest BCUT2D eigenvalue weighted by Crippen LogP contribution is -2.13. The fourth-order valence-electron chi connectivity index (χ4n) is 0.632. The van der Waals surface area contributed by atoms with Gasteiger partial charge in [0.2, 0.25) is 5.82 Å². The van der Waals surface area contributed by atoms with Crippen molar-refractivity contribution in [3.63, 3.8) is 0 Å². The first-order valence-electron chi connectivity index (χ1n) is 3.19. The average Bonchev–Trinajstić information content (AvgIpc) is 1.97. The quantitative estimate of drug-likeness (QED) is 0.668. The summed E-state index contributed by atoms with van der Waals surface area (Å²) in [5.74, 6) is -1.58. The third-order valence-electron chi connectivity index (χ3n) is 1.38. The molecule has 13 heavy (non-hydrogen) atoms. The van der Waals surface area contributed by atoms with Gasteiger partial charge in [-0.05, 0) is 6.92 Å². The molecule has 0 aliphatic heterocycles. The molecule has 0 saturated carbocycles. The summed E-state index contributed by atoms with van der Waals surface area (Å²) in [7, 11) is 0. The number of nitrogens with zero attached hydrogens (tertiary/aromatic N) is 2.